The molecule has 0 saturated carbocycles. The van der Waals surface area contributed by atoms with Gasteiger partial charge in [0.15, 0.2) is 0 Å². The lowest BCUT2D eigenvalue weighted by Crippen LogP contribution is -2.32. The lowest BCUT2D eigenvalue weighted by atomic mass is 10.2. The Morgan fingerprint density at radius 3 is 2.69 bits per heavy atom. The fourth-order valence-corrected chi connectivity index (χ4v) is 1.57. The molecule has 0 bridgehead atoms. The van der Waals surface area contributed by atoms with Gasteiger partial charge in [0.05, 0.1) is 0 Å². The van der Waals surface area contributed by atoms with Gasteiger partial charge in [0.25, 0.3) is 0 Å². The SMILES string of the molecule is N[C@@H](CCCBr)C(=O)OCc1ccccc1. The lowest BCUT2D eigenvalue weighted by molar-refractivity contribution is -0.146. The van der Waals surface area contributed by atoms with Crippen LogP contribution in [0.5, 0.6) is 0 Å². The summed E-state index contributed by atoms with van der Waals surface area (Å²) in [6, 6.07) is 9.06. The maximum atomic E-state index is 11.5. The smallest absolute Gasteiger partial charge is 0.323 e. The van der Waals surface area contributed by atoms with Gasteiger partial charge in [-0.15, -0.1) is 0 Å². The van der Waals surface area contributed by atoms with Gasteiger partial charge in [-0.2, -0.15) is 0 Å². The molecule has 1 rings (SSSR count). The summed E-state index contributed by atoms with van der Waals surface area (Å²) in [5.41, 5.74) is 6.65. The topological polar surface area (TPSA) is 52.3 Å². The first-order chi connectivity index (χ1) is 7.74. The van der Waals surface area contributed by atoms with E-state index in [2.05, 4.69) is 15.9 Å². The minimum absolute atomic E-state index is 0.293. The summed E-state index contributed by atoms with van der Waals surface area (Å²) in [5, 5.41) is 0.854. The van der Waals surface area contributed by atoms with Crippen molar-refractivity contribution >= 4 is 21.9 Å². The van der Waals surface area contributed by atoms with Gasteiger partial charge in [-0.3, -0.25) is 4.79 Å². The van der Waals surface area contributed by atoms with Crippen LogP contribution in [0.3, 0.4) is 0 Å². The van der Waals surface area contributed by atoms with Crippen LogP contribution in [0.4, 0.5) is 0 Å². The van der Waals surface area contributed by atoms with E-state index in [4.69, 9.17) is 10.5 Å². The molecule has 1 aromatic carbocycles. The molecule has 1 aromatic rings. The van der Waals surface area contributed by atoms with Crippen molar-refractivity contribution in [2.45, 2.75) is 25.5 Å². The Labute approximate surface area is 104 Å². The molecule has 0 amide bonds. The summed E-state index contributed by atoms with van der Waals surface area (Å²) < 4.78 is 5.11. The predicted octanol–water partition coefficient (Wildman–Crippen LogP) is 2.23. The number of rotatable bonds is 6. The first-order valence-electron chi connectivity index (χ1n) is 5.26. The number of hydrogen-bond donors (Lipinski definition) is 1. The highest BCUT2D eigenvalue weighted by Gasteiger charge is 2.14. The fraction of sp³-hybridized carbons (Fsp3) is 0.417. The van der Waals surface area contributed by atoms with Crippen molar-refractivity contribution < 1.29 is 9.53 Å². The highest BCUT2D eigenvalue weighted by atomic mass is 79.9. The van der Waals surface area contributed by atoms with Gasteiger partial charge < -0.3 is 10.5 Å². The summed E-state index contributed by atoms with van der Waals surface area (Å²) >= 11 is 3.30. The van der Waals surface area contributed by atoms with Gasteiger partial charge in [0.1, 0.15) is 12.6 Å². The minimum Gasteiger partial charge on any atom is -0.460 e. The second-order valence-electron chi connectivity index (χ2n) is 3.53. The van der Waals surface area contributed by atoms with Gasteiger partial charge in [-0.05, 0) is 18.4 Å². The van der Waals surface area contributed by atoms with Gasteiger partial charge >= 0.3 is 5.97 Å². The number of nitrogens with two attached hydrogens (primary N) is 1. The van der Waals surface area contributed by atoms with E-state index in [9.17, 15) is 4.79 Å². The lowest BCUT2D eigenvalue weighted by Gasteiger charge is -2.10. The number of alkyl halides is 1. The van der Waals surface area contributed by atoms with Crippen LogP contribution in [0.1, 0.15) is 18.4 Å². The molecule has 0 unspecified atom stereocenters. The van der Waals surface area contributed by atoms with Crippen LogP contribution < -0.4 is 5.73 Å². The van der Waals surface area contributed by atoms with E-state index >= 15 is 0 Å². The zero-order valence-electron chi connectivity index (χ0n) is 9.06. The number of hydrogen-bond acceptors (Lipinski definition) is 3. The maximum Gasteiger partial charge on any atom is 0.323 e. The average molecular weight is 286 g/mol. The van der Waals surface area contributed by atoms with Gasteiger partial charge in [-0.25, -0.2) is 0 Å². The molecule has 0 aliphatic carbocycles. The Kier molecular flexibility index (Phi) is 6.11. The van der Waals surface area contributed by atoms with Crippen molar-refractivity contribution in [3.05, 3.63) is 35.9 Å². The van der Waals surface area contributed by atoms with Crippen molar-refractivity contribution in [2.24, 2.45) is 5.73 Å². The van der Waals surface area contributed by atoms with Crippen molar-refractivity contribution in [1.82, 2.24) is 0 Å². The quantitative estimate of drug-likeness (QED) is 0.644. The van der Waals surface area contributed by atoms with Crippen LogP contribution in [-0.2, 0) is 16.1 Å². The summed E-state index contributed by atoms with van der Waals surface area (Å²) in [6.07, 6.45) is 1.53. The molecule has 0 spiro atoms. The van der Waals surface area contributed by atoms with Crippen molar-refractivity contribution in [2.75, 3.05) is 5.33 Å². The third-order valence-electron chi connectivity index (χ3n) is 2.18. The Balaban J connectivity index is 2.29. The van der Waals surface area contributed by atoms with Gasteiger partial charge in [0.2, 0.25) is 0 Å². The minimum atomic E-state index is -0.513. The highest BCUT2D eigenvalue weighted by Crippen LogP contribution is 2.04. The molecule has 0 heterocycles. The molecule has 0 radical (unpaired) electrons. The highest BCUT2D eigenvalue weighted by molar-refractivity contribution is 9.09. The second-order valence-corrected chi connectivity index (χ2v) is 4.32. The predicted molar refractivity (Wildman–Crippen MR) is 67.2 cm³/mol. The van der Waals surface area contributed by atoms with E-state index < -0.39 is 6.04 Å². The average Bonchev–Trinajstić information content (AvgIpc) is 2.34. The van der Waals surface area contributed by atoms with Crippen molar-refractivity contribution in [3.8, 4) is 0 Å². The number of carbonyl (C=O) groups excluding carboxylic acids is 1. The number of halogens is 1. The molecular weight excluding hydrogens is 270 g/mol. The summed E-state index contributed by atoms with van der Waals surface area (Å²) in [4.78, 5) is 11.5. The molecule has 0 saturated heterocycles. The first-order valence-corrected chi connectivity index (χ1v) is 6.38. The molecule has 0 aliphatic rings. The van der Waals surface area contributed by atoms with Gasteiger partial charge in [-0.1, -0.05) is 46.3 Å². The number of carbonyl (C=O) groups is 1. The Hall–Kier alpha value is -0.870. The monoisotopic (exact) mass is 285 g/mol. The number of benzene rings is 1. The Morgan fingerprint density at radius 2 is 2.06 bits per heavy atom. The molecule has 0 aromatic heterocycles. The molecule has 0 aliphatic heterocycles. The molecule has 1 atom stereocenters. The van der Waals surface area contributed by atoms with Crippen LogP contribution in [0.15, 0.2) is 30.3 Å². The fourth-order valence-electron chi connectivity index (χ4n) is 1.25. The van der Waals surface area contributed by atoms with Crippen LogP contribution in [0.25, 0.3) is 0 Å². The van der Waals surface area contributed by atoms with Crippen LogP contribution in [0.2, 0.25) is 0 Å². The van der Waals surface area contributed by atoms with E-state index in [-0.39, 0.29) is 5.97 Å². The van der Waals surface area contributed by atoms with Crippen molar-refractivity contribution in [1.29, 1.82) is 0 Å². The van der Waals surface area contributed by atoms with Crippen molar-refractivity contribution in [3.63, 3.8) is 0 Å². The van der Waals surface area contributed by atoms with E-state index in [1.165, 1.54) is 0 Å². The standard InChI is InChI=1S/C12H16BrNO2/c13-8-4-7-11(14)12(15)16-9-10-5-2-1-3-6-10/h1-3,5-6,11H,4,7-9,14H2/t11-/m0/s1. The summed E-state index contributed by atoms with van der Waals surface area (Å²) in [6.45, 7) is 0.293. The van der Waals surface area contributed by atoms with Crippen LogP contribution >= 0.6 is 15.9 Å². The maximum absolute atomic E-state index is 11.5. The second kappa shape index (κ2) is 7.41. The molecule has 0 fully saturated rings. The van der Waals surface area contributed by atoms with Crippen LogP contribution in [-0.4, -0.2) is 17.3 Å². The van der Waals surface area contributed by atoms with E-state index in [1.807, 2.05) is 30.3 Å². The molecule has 88 valence electrons. The third-order valence-corrected chi connectivity index (χ3v) is 2.74. The first kappa shape index (κ1) is 13.2. The molecular formula is C12H16BrNO2. The molecule has 2 N–H and O–H groups in total. The van der Waals surface area contributed by atoms with Crippen LogP contribution in [0, 0.1) is 0 Å². The molecule has 3 nitrogen and oxygen atoms in total. The van der Waals surface area contributed by atoms with Gasteiger partial charge in [0, 0.05) is 5.33 Å². The Bertz CT molecular complexity index is 316. The molecule has 16 heavy (non-hydrogen) atoms. The zero-order chi connectivity index (χ0) is 11.8. The third kappa shape index (κ3) is 4.77. The summed E-state index contributed by atoms with van der Waals surface area (Å²) in [5.74, 6) is -0.329. The number of ether oxygens (including phenoxy) is 1. The largest absolute Gasteiger partial charge is 0.460 e. The molecule has 4 heteroatoms. The normalized spacial score (nSPS) is 12.1. The van der Waals surface area contributed by atoms with E-state index in [0.717, 1.165) is 17.3 Å². The number of esters is 1. The van der Waals surface area contributed by atoms with E-state index in [0.29, 0.717) is 13.0 Å². The zero-order valence-corrected chi connectivity index (χ0v) is 10.7. The Morgan fingerprint density at radius 1 is 1.38 bits per heavy atom. The summed E-state index contributed by atoms with van der Waals surface area (Å²) in [7, 11) is 0. The van der Waals surface area contributed by atoms with E-state index in [1.54, 1.807) is 0 Å².